The van der Waals surface area contributed by atoms with Crippen molar-refractivity contribution < 1.29 is 0 Å². The topological polar surface area (TPSA) is 41.6 Å². The zero-order chi connectivity index (χ0) is 6.81. The van der Waals surface area contributed by atoms with Gasteiger partial charge >= 0.3 is 0 Å². The van der Waals surface area contributed by atoms with E-state index in [9.17, 15) is 0 Å². The van der Waals surface area contributed by atoms with E-state index in [1.165, 1.54) is 11.3 Å². The molecule has 0 spiro atoms. The van der Waals surface area contributed by atoms with Gasteiger partial charge in [0.25, 0.3) is 0 Å². The number of hydrogen-bond donors (Lipinski definition) is 1. The summed E-state index contributed by atoms with van der Waals surface area (Å²) in [5.74, 6) is 0. The summed E-state index contributed by atoms with van der Waals surface area (Å²) < 4.78 is 0. The molecule has 0 aliphatic carbocycles. The zero-order valence-electron chi connectivity index (χ0n) is 5.03. The fourth-order valence-corrected chi connectivity index (χ4v) is 1.23. The van der Waals surface area contributed by atoms with Crippen molar-refractivity contribution >= 4 is 11.3 Å². The SMILES string of the molecule is [c]1ncc(-c2cc[nH]n2)s1. The van der Waals surface area contributed by atoms with E-state index in [1.54, 1.807) is 12.4 Å². The van der Waals surface area contributed by atoms with E-state index in [4.69, 9.17) is 0 Å². The second-order valence-electron chi connectivity index (χ2n) is 1.78. The fraction of sp³-hybridized carbons (Fsp3) is 0. The smallest absolute Gasteiger partial charge is 0.152 e. The van der Waals surface area contributed by atoms with Gasteiger partial charge in [-0.3, -0.25) is 5.10 Å². The summed E-state index contributed by atoms with van der Waals surface area (Å²) in [6.45, 7) is 0. The van der Waals surface area contributed by atoms with Gasteiger partial charge in [0, 0.05) is 12.4 Å². The van der Waals surface area contributed by atoms with Crippen LogP contribution in [-0.4, -0.2) is 15.2 Å². The molecular formula is C6H4N3S. The molecule has 0 unspecified atom stereocenters. The highest BCUT2D eigenvalue weighted by molar-refractivity contribution is 7.12. The number of nitrogens with zero attached hydrogens (tertiary/aromatic N) is 2. The molecule has 0 atom stereocenters. The van der Waals surface area contributed by atoms with E-state index in [-0.39, 0.29) is 0 Å². The van der Waals surface area contributed by atoms with Crippen molar-refractivity contribution in [2.45, 2.75) is 0 Å². The number of H-pyrrole nitrogens is 1. The normalized spacial score (nSPS) is 10.0. The molecule has 10 heavy (non-hydrogen) atoms. The van der Waals surface area contributed by atoms with E-state index in [0.29, 0.717) is 0 Å². The maximum absolute atomic E-state index is 3.98. The molecule has 1 N–H and O–H groups in total. The fourth-order valence-electron chi connectivity index (χ4n) is 0.703. The molecule has 0 bridgehead atoms. The van der Waals surface area contributed by atoms with Crippen LogP contribution in [0, 0.1) is 5.51 Å². The molecule has 2 aromatic rings. The molecule has 0 aliphatic heterocycles. The van der Waals surface area contributed by atoms with Crippen molar-refractivity contribution in [1.29, 1.82) is 0 Å². The maximum atomic E-state index is 3.98. The first-order valence-corrected chi connectivity index (χ1v) is 3.60. The zero-order valence-corrected chi connectivity index (χ0v) is 5.85. The second-order valence-corrected chi connectivity index (χ2v) is 2.60. The predicted octanol–water partition coefficient (Wildman–Crippen LogP) is 1.33. The number of aromatic amines is 1. The summed E-state index contributed by atoms with van der Waals surface area (Å²) in [5.41, 5.74) is 3.69. The van der Waals surface area contributed by atoms with E-state index >= 15 is 0 Å². The third-order valence-corrected chi connectivity index (χ3v) is 1.87. The van der Waals surface area contributed by atoms with Gasteiger partial charge in [-0.25, -0.2) is 4.98 Å². The molecule has 3 nitrogen and oxygen atoms in total. The third-order valence-electron chi connectivity index (χ3n) is 1.14. The van der Waals surface area contributed by atoms with Crippen molar-refractivity contribution in [2.24, 2.45) is 0 Å². The summed E-state index contributed by atoms with van der Waals surface area (Å²) in [6, 6.07) is 1.90. The molecule has 0 fully saturated rings. The Kier molecular flexibility index (Phi) is 1.25. The lowest BCUT2D eigenvalue weighted by atomic mass is 10.4. The highest BCUT2D eigenvalue weighted by Gasteiger charge is 1.98. The van der Waals surface area contributed by atoms with Gasteiger partial charge in [-0.1, -0.05) is 0 Å². The van der Waals surface area contributed by atoms with Crippen molar-refractivity contribution in [3.8, 4) is 10.6 Å². The van der Waals surface area contributed by atoms with Gasteiger partial charge in [0.1, 0.15) is 5.69 Å². The summed E-state index contributed by atoms with van der Waals surface area (Å²) in [4.78, 5) is 4.86. The first-order chi connectivity index (χ1) is 4.97. The first kappa shape index (κ1) is 5.61. The average molecular weight is 150 g/mol. The van der Waals surface area contributed by atoms with E-state index in [0.717, 1.165) is 10.6 Å². The molecule has 0 aliphatic rings. The Hall–Kier alpha value is -1.16. The number of nitrogens with one attached hydrogen (secondary N) is 1. The Morgan fingerprint density at radius 2 is 2.60 bits per heavy atom. The standard InChI is InChI=1S/C6H4N3S/c1-2-8-9-5(1)6-3-7-4-10-6/h1-3H,(H,8,9). The van der Waals surface area contributed by atoms with Gasteiger partial charge in [0.2, 0.25) is 0 Å². The third kappa shape index (κ3) is 0.823. The monoisotopic (exact) mass is 150 g/mol. The van der Waals surface area contributed by atoms with Gasteiger partial charge in [-0.2, -0.15) is 5.10 Å². The minimum atomic E-state index is 0.929. The summed E-state index contributed by atoms with van der Waals surface area (Å²) in [7, 11) is 0. The summed E-state index contributed by atoms with van der Waals surface area (Å²) in [6.07, 6.45) is 3.54. The number of aromatic nitrogens is 3. The molecule has 2 aromatic heterocycles. The van der Waals surface area contributed by atoms with Crippen LogP contribution in [0.1, 0.15) is 0 Å². The predicted molar refractivity (Wildman–Crippen MR) is 38.5 cm³/mol. The van der Waals surface area contributed by atoms with Gasteiger partial charge in [0.15, 0.2) is 5.51 Å². The van der Waals surface area contributed by atoms with Crippen molar-refractivity contribution in [2.75, 3.05) is 0 Å². The maximum Gasteiger partial charge on any atom is 0.152 e. The molecular weight excluding hydrogens is 146 g/mol. The molecule has 0 amide bonds. The van der Waals surface area contributed by atoms with Gasteiger partial charge in [-0.15, -0.1) is 11.3 Å². The van der Waals surface area contributed by atoms with Crippen LogP contribution < -0.4 is 0 Å². The number of rotatable bonds is 1. The van der Waals surface area contributed by atoms with Gasteiger partial charge in [-0.05, 0) is 6.07 Å². The van der Waals surface area contributed by atoms with E-state index in [2.05, 4.69) is 20.7 Å². The van der Waals surface area contributed by atoms with Crippen LogP contribution in [-0.2, 0) is 0 Å². The number of thiazole rings is 1. The van der Waals surface area contributed by atoms with Crippen LogP contribution in [0.25, 0.3) is 10.6 Å². The van der Waals surface area contributed by atoms with E-state index in [1.807, 2.05) is 6.07 Å². The van der Waals surface area contributed by atoms with Crippen molar-refractivity contribution in [3.05, 3.63) is 24.0 Å². The van der Waals surface area contributed by atoms with Crippen LogP contribution in [0.5, 0.6) is 0 Å². The molecule has 0 aromatic carbocycles. The van der Waals surface area contributed by atoms with Crippen molar-refractivity contribution in [1.82, 2.24) is 15.2 Å². The lowest BCUT2D eigenvalue weighted by molar-refractivity contribution is 1.10. The molecule has 1 radical (unpaired) electrons. The van der Waals surface area contributed by atoms with Crippen LogP contribution in [0.3, 0.4) is 0 Å². The molecule has 0 saturated heterocycles. The lowest BCUT2D eigenvalue weighted by Crippen LogP contribution is -1.69. The molecule has 2 heterocycles. The Morgan fingerprint density at radius 3 is 3.20 bits per heavy atom. The highest BCUT2D eigenvalue weighted by atomic mass is 32.1. The summed E-state index contributed by atoms with van der Waals surface area (Å²) in [5, 5.41) is 6.72. The lowest BCUT2D eigenvalue weighted by Gasteiger charge is -1.81. The minimum Gasteiger partial charge on any atom is -0.285 e. The Balaban J connectivity index is 2.48. The molecule has 4 heteroatoms. The van der Waals surface area contributed by atoms with E-state index < -0.39 is 0 Å². The van der Waals surface area contributed by atoms with Crippen LogP contribution >= 0.6 is 11.3 Å². The first-order valence-electron chi connectivity index (χ1n) is 2.79. The highest BCUT2D eigenvalue weighted by Crippen LogP contribution is 2.18. The van der Waals surface area contributed by atoms with Gasteiger partial charge < -0.3 is 0 Å². The van der Waals surface area contributed by atoms with Crippen LogP contribution in [0.4, 0.5) is 0 Å². The second kappa shape index (κ2) is 2.22. The Morgan fingerprint density at radius 1 is 1.60 bits per heavy atom. The van der Waals surface area contributed by atoms with Gasteiger partial charge in [0.05, 0.1) is 4.88 Å². The summed E-state index contributed by atoms with van der Waals surface area (Å²) >= 11 is 1.46. The quantitative estimate of drug-likeness (QED) is 0.666. The minimum absolute atomic E-state index is 0.929. The number of hydrogen-bond acceptors (Lipinski definition) is 3. The average Bonchev–Trinajstić information content (AvgIpc) is 2.59. The molecule has 0 saturated carbocycles. The van der Waals surface area contributed by atoms with Crippen LogP contribution in [0.2, 0.25) is 0 Å². The molecule has 2 rings (SSSR count). The largest absolute Gasteiger partial charge is 0.285 e. The van der Waals surface area contributed by atoms with Crippen molar-refractivity contribution in [3.63, 3.8) is 0 Å². The Bertz CT molecular complexity index is 252. The van der Waals surface area contributed by atoms with Crippen LogP contribution in [0.15, 0.2) is 18.5 Å². The molecule has 49 valence electrons. The Labute approximate surface area is 61.7 Å².